The predicted molar refractivity (Wildman–Crippen MR) is 84.8 cm³/mol. The quantitative estimate of drug-likeness (QED) is 0.800. The maximum absolute atomic E-state index is 11.5. The van der Waals surface area contributed by atoms with E-state index in [0.29, 0.717) is 23.3 Å². The second kappa shape index (κ2) is 7.10. The molecular weight excluding hydrogens is 318 g/mol. The van der Waals surface area contributed by atoms with Gasteiger partial charge in [0.15, 0.2) is 0 Å². The first kappa shape index (κ1) is 16.0. The van der Waals surface area contributed by atoms with Crippen molar-refractivity contribution >= 4 is 17.6 Å². The van der Waals surface area contributed by atoms with Crippen molar-refractivity contribution in [1.82, 2.24) is 15.0 Å². The molecule has 1 aliphatic rings. The highest BCUT2D eigenvalue weighted by Crippen LogP contribution is 2.25. The van der Waals surface area contributed by atoms with Crippen molar-refractivity contribution in [2.45, 2.75) is 19.4 Å². The summed E-state index contributed by atoms with van der Waals surface area (Å²) < 4.78 is 10.1. The molecular formula is C16H18ClN3O3. The van der Waals surface area contributed by atoms with Crippen LogP contribution in [0.2, 0.25) is 5.02 Å². The normalized spacial score (nSPS) is 16.4. The highest BCUT2D eigenvalue weighted by atomic mass is 35.5. The fourth-order valence-electron chi connectivity index (χ4n) is 2.76. The number of aromatic nitrogens is 2. The van der Waals surface area contributed by atoms with Crippen molar-refractivity contribution < 1.29 is 14.1 Å². The fraction of sp³-hybridized carbons (Fsp3) is 0.438. The Balaban J connectivity index is 1.60. The molecule has 1 saturated heterocycles. The van der Waals surface area contributed by atoms with E-state index in [-0.39, 0.29) is 11.9 Å². The molecule has 0 atom stereocenters. The molecule has 7 heteroatoms. The summed E-state index contributed by atoms with van der Waals surface area (Å²) in [5.41, 5.74) is 0.758. The number of nitrogens with zero attached hydrogens (tertiary/aromatic N) is 3. The van der Waals surface area contributed by atoms with E-state index in [1.807, 2.05) is 18.2 Å². The van der Waals surface area contributed by atoms with Crippen LogP contribution in [0.1, 0.15) is 18.7 Å². The van der Waals surface area contributed by atoms with Gasteiger partial charge >= 0.3 is 5.97 Å². The third kappa shape index (κ3) is 3.71. The zero-order valence-electron chi connectivity index (χ0n) is 12.9. The fourth-order valence-corrected chi connectivity index (χ4v) is 2.98. The van der Waals surface area contributed by atoms with Gasteiger partial charge in [0.25, 0.3) is 0 Å². The lowest BCUT2D eigenvalue weighted by atomic mass is 9.97. The van der Waals surface area contributed by atoms with Crippen LogP contribution in [-0.4, -0.2) is 41.2 Å². The third-order valence-electron chi connectivity index (χ3n) is 4.06. The summed E-state index contributed by atoms with van der Waals surface area (Å²) in [6, 6.07) is 7.40. The standard InChI is InChI=1S/C16H18ClN3O3/c1-22-16(21)11-6-8-20(9-7-11)10-14-18-15(19-23-14)12-4-2-3-5-13(12)17/h2-5,11H,6-10H2,1H3. The molecule has 1 aliphatic heterocycles. The van der Waals surface area contributed by atoms with E-state index >= 15 is 0 Å². The lowest BCUT2D eigenvalue weighted by molar-refractivity contribution is -0.147. The number of methoxy groups -OCH3 is 1. The van der Waals surface area contributed by atoms with Gasteiger partial charge in [-0.3, -0.25) is 9.69 Å². The van der Waals surface area contributed by atoms with Gasteiger partial charge in [-0.15, -0.1) is 0 Å². The first-order valence-corrected chi connectivity index (χ1v) is 7.93. The Morgan fingerprint density at radius 3 is 2.83 bits per heavy atom. The van der Waals surface area contributed by atoms with Gasteiger partial charge in [0.1, 0.15) is 0 Å². The number of halogens is 1. The molecule has 3 rings (SSSR count). The Morgan fingerprint density at radius 1 is 1.39 bits per heavy atom. The number of piperidine rings is 1. The van der Waals surface area contributed by atoms with Crippen LogP contribution in [0.5, 0.6) is 0 Å². The molecule has 0 N–H and O–H groups in total. The van der Waals surface area contributed by atoms with Gasteiger partial charge < -0.3 is 9.26 Å². The molecule has 6 nitrogen and oxygen atoms in total. The molecule has 0 radical (unpaired) electrons. The number of likely N-dealkylation sites (tertiary alicyclic amines) is 1. The van der Waals surface area contributed by atoms with Gasteiger partial charge in [-0.25, -0.2) is 0 Å². The summed E-state index contributed by atoms with van der Waals surface area (Å²) in [7, 11) is 1.43. The first-order chi connectivity index (χ1) is 11.2. The molecule has 23 heavy (non-hydrogen) atoms. The molecule has 1 aromatic heterocycles. The van der Waals surface area contributed by atoms with Crippen LogP contribution in [0.25, 0.3) is 11.4 Å². The van der Waals surface area contributed by atoms with Gasteiger partial charge in [0.05, 0.1) is 24.6 Å². The highest BCUT2D eigenvalue weighted by Gasteiger charge is 2.26. The largest absolute Gasteiger partial charge is 0.469 e. The number of carbonyl (C=O) groups excluding carboxylic acids is 1. The van der Waals surface area contributed by atoms with Crippen molar-refractivity contribution in [3.8, 4) is 11.4 Å². The number of rotatable bonds is 4. The third-order valence-corrected chi connectivity index (χ3v) is 4.39. The molecule has 122 valence electrons. The maximum Gasteiger partial charge on any atom is 0.308 e. The van der Waals surface area contributed by atoms with E-state index < -0.39 is 0 Å². The monoisotopic (exact) mass is 335 g/mol. The predicted octanol–water partition coefficient (Wildman–Crippen LogP) is 2.78. The SMILES string of the molecule is COC(=O)C1CCN(Cc2nc(-c3ccccc3Cl)no2)CC1. The van der Waals surface area contributed by atoms with Crippen molar-refractivity contribution in [3.05, 3.63) is 35.2 Å². The second-order valence-corrected chi connectivity index (χ2v) is 5.97. The highest BCUT2D eigenvalue weighted by molar-refractivity contribution is 6.33. The number of hydrogen-bond acceptors (Lipinski definition) is 6. The minimum atomic E-state index is -0.122. The maximum atomic E-state index is 11.5. The molecule has 0 amide bonds. The molecule has 0 spiro atoms. The Labute approximate surface area is 139 Å². The van der Waals surface area contributed by atoms with Crippen LogP contribution < -0.4 is 0 Å². The van der Waals surface area contributed by atoms with Gasteiger partial charge in [-0.05, 0) is 38.1 Å². The van der Waals surface area contributed by atoms with E-state index in [1.54, 1.807) is 6.07 Å². The van der Waals surface area contributed by atoms with E-state index in [2.05, 4.69) is 15.0 Å². The zero-order chi connectivity index (χ0) is 16.2. The summed E-state index contributed by atoms with van der Waals surface area (Å²) in [5, 5.41) is 4.59. The van der Waals surface area contributed by atoms with Crippen LogP contribution in [0.4, 0.5) is 0 Å². The number of benzene rings is 1. The second-order valence-electron chi connectivity index (χ2n) is 5.57. The molecule has 2 aromatic rings. The Morgan fingerprint density at radius 2 is 2.13 bits per heavy atom. The van der Waals surface area contributed by atoms with Crippen LogP contribution in [0, 0.1) is 5.92 Å². The van der Waals surface area contributed by atoms with E-state index in [1.165, 1.54) is 7.11 Å². The molecule has 0 saturated carbocycles. The minimum absolute atomic E-state index is 0.00220. The zero-order valence-corrected chi connectivity index (χ0v) is 13.6. The summed E-state index contributed by atoms with van der Waals surface area (Å²) >= 11 is 6.14. The van der Waals surface area contributed by atoms with Crippen LogP contribution >= 0.6 is 11.6 Å². The van der Waals surface area contributed by atoms with E-state index in [4.69, 9.17) is 20.9 Å². The first-order valence-electron chi connectivity index (χ1n) is 7.55. The minimum Gasteiger partial charge on any atom is -0.469 e. The average molecular weight is 336 g/mol. The Kier molecular flexibility index (Phi) is 4.93. The van der Waals surface area contributed by atoms with Gasteiger partial charge in [0.2, 0.25) is 11.7 Å². The molecule has 1 fully saturated rings. The average Bonchev–Trinajstić information content (AvgIpc) is 3.03. The molecule has 0 bridgehead atoms. The van der Waals surface area contributed by atoms with E-state index in [0.717, 1.165) is 31.5 Å². The lowest BCUT2D eigenvalue weighted by Crippen LogP contribution is -2.36. The summed E-state index contributed by atoms with van der Waals surface area (Å²) in [6.07, 6.45) is 1.58. The topological polar surface area (TPSA) is 68.5 Å². The number of carbonyl (C=O) groups is 1. The van der Waals surface area contributed by atoms with Gasteiger partial charge in [0, 0.05) is 5.56 Å². The smallest absolute Gasteiger partial charge is 0.308 e. The summed E-state index contributed by atoms with van der Waals surface area (Å²) in [4.78, 5) is 18.1. The van der Waals surface area contributed by atoms with Crippen LogP contribution in [-0.2, 0) is 16.1 Å². The van der Waals surface area contributed by atoms with Gasteiger partial charge in [-0.1, -0.05) is 28.9 Å². The lowest BCUT2D eigenvalue weighted by Gasteiger charge is -2.29. The summed E-state index contributed by atoms with van der Waals surface area (Å²) in [6.45, 7) is 2.19. The summed E-state index contributed by atoms with van der Waals surface area (Å²) in [5.74, 6) is 0.924. The van der Waals surface area contributed by atoms with Crippen molar-refractivity contribution in [2.75, 3.05) is 20.2 Å². The number of esters is 1. The van der Waals surface area contributed by atoms with Crippen LogP contribution in [0.15, 0.2) is 28.8 Å². The molecule has 1 aromatic carbocycles. The van der Waals surface area contributed by atoms with E-state index in [9.17, 15) is 4.79 Å². The Bertz CT molecular complexity index is 681. The van der Waals surface area contributed by atoms with Crippen molar-refractivity contribution in [3.63, 3.8) is 0 Å². The van der Waals surface area contributed by atoms with Gasteiger partial charge in [-0.2, -0.15) is 4.98 Å². The van der Waals surface area contributed by atoms with Crippen LogP contribution in [0.3, 0.4) is 0 Å². The molecule has 0 aliphatic carbocycles. The number of ether oxygens (including phenoxy) is 1. The number of hydrogen-bond donors (Lipinski definition) is 0. The molecule has 2 heterocycles. The Hall–Kier alpha value is -1.92. The van der Waals surface area contributed by atoms with Crippen molar-refractivity contribution in [2.24, 2.45) is 5.92 Å². The molecule has 0 unspecified atom stereocenters. The van der Waals surface area contributed by atoms with Crippen molar-refractivity contribution in [1.29, 1.82) is 0 Å².